The van der Waals surface area contributed by atoms with Crippen LogP contribution in [-0.4, -0.2) is 28.2 Å². The highest BCUT2D eigenvalue weighted by Gasteiger charge is 2.22. The number of pyridine rings is 1. The Morgan fingerprint density at radius 1 is 1.00 bits per heavy atom. The molecular formula is C22H18FN3O2. The van der Waals surface area contributed by atoms with Crippen molar-refractivity contribution in [3.05, 3.63) is 95.1 Å². The molecule has 5 nitrogen and oxygen atoms in total. The summed E-state index contributed by atoms with van der Waals surface area (Å²) in [5.74, 6) is -1.25. The Hall–Kier alpha value is -3.54. The zero-order chi connectivity index (χ0) is 19.5. The van der Waals surface area contributed by atoms with Gasteiger partial charge >= 0.3 is 0 Å². The molecule has 3 aromatic rings. The summed E-state index contributed by atoms with van der Waals surface area (Å²) >= 11 is 0. The van der Waals surface area contributed by atoms with Gasteiger partial charge in [0.1, 0.15) is 11.5 Å². The molecule has 0 unspecified atom stereocenters. The molecule has 0 saturated heterocycles. The lowest BCUT2D eigenvalue weighted by Gasteiger charge is -2.29. The molecule has 2 amide bonds. The highest BCUT2D eigenvalue weighted by molar-refractivity contribution is 6.04. The SMILES string of the molecule is O=C(Nc1ccccc1F)c1cc(C(=O)N2CCc3ccccc3C2)ccn1. The van der Waals surface area contributed by atoms with E-state index in [1.165, 1.54) is 30.0 Å². The van der Waals surface area contributed by atoms with Crippen molar-refractivity contribution in [3.63, 3.8) is 0 Å². The van der Waals surface area contributed by atoms with E-state index in [1.54, 1.807) is 23.1 Å². The number of hydrogen-bond acceptors (Lipinski definition) is 3. The third-order valence-electron chi connectivity index (χ3n) is 4.78. The summed E-state index contributed by atoms with van der Waals surface area (Å²) in [5, 5.41) is 2.48. The maximum absolute atomic E-state index is 13.7. The second-order valence-electron chi connectivity index (χ2n) is 6.61. The van der Waals surface area contributed by atoms with Crippen LogP contribution in [0.5, 0.6) is 0 Å². The standard InChI is InChI=1S/C22H18FN3O2/c23-18-7-3-4-8-19(18)25-21(27)20-13-16(9-11-24-20)22(28)26-12-10-15-5-1-2-6-17(15)14-26/h1-9,11,13H,10,12,14H2,(H,25,27). The minimum Gasteiger partial charge on any atom is -0.334 e. The van der Waals surface area contributed by atoms with Crippen molar-refractivity contribution >= 4 is 17.5 Å². The topological polar surface area (TPSA) is 62.3 Å². The van der Waals surface area contributed by atoms with E-state index in [0.717, 1.165) is 12.0 Å². The molecule has 4 rings (SSSR count). The van der Waals surface area contributed by atoms with Crippen LogP contribution in [0.4, 0.5) is 10.1 Å². The van der Waals surface area contributed by atoms with Crippen LogP contribution >= 0.6 is 0 Å². The van der Waals surface area contributed by atoms with Crippen molar-refractivity contribution in [2.75, 3.05) is 11.9 Å². The number of rotatable bonds is 3. The lowest BCUT2D eigenvalue weighted by atomic mass is 9.99. The highest BCUT2D eigenvalue weighted by atomic mass is 19.1. The number of anilines is 1. The smallest absolute Gasteiger partial charge is 0.274 e. The van der Waals surface area contributed by atoms with Gasteiger partial charge in [0, 0.05) is 24.8 Å². The normalized spacial score (nSPS) is 13.0. The maximum Gasteiger partial charge on any atom is 0.274 e. The van der Waals surface area contributed by atoms with Crippen molar-refractivity contribution in [3.8, 4) is 0 Å². The average molecular weight is 375 g/mol. The first-order valence-corrected chi connectivity index (χ1v) is 9.00. The molecule has 1 aromatic heterocycles. The van der Waals surface area contributed by atoms with E-state index < -0.39 is 11.7 Å². The monoisotopic (exact) mass is 375 g/mol. The maximum atomic E-state index is 13.7. The number of fused-ring (bicyclic) bond motifs is 1. The van der Waals surface area contributed by atoms with Gasteiger partial charge in [-0.3, -0.25) is 14.6 Å². The van der Waals surface area contributed by atoms with Crippen molar-refractivity contribution in [2.24, 2.45) is 0 Å². The zero-order valence-corrected chi connectivity index (χ0v) is 15.1. The van der Waals surface area contributed by atoms with Crippen molar-refractivity contribution in [2.45, 2.75) is 13.0 Å². The first kappa shape index (κ1) is 17.9. The molecule has 140 valence electrons. The van der Waals surface area contributed by atoms with Crippen LogP contribution in [0.15, 0.2) is 66.9 Å². The summed E-state index contributed by atoms with van der Waals surface area (Å²) in [6, 6.07) is 17.0. The molecule has 0 saturated carbocycles. The molecule has 28 heavy (non-hydrogen) atoms. The summed E-state index contributed by atoms with van der Waals surface area (Å²) in [4.78, 5) is 31.1. The van der Waals surface area contributed by atoms with Crippen LogP contribution in [0.25, 0.3) is 0 Å². The number of nitrogens with zero attached hydrogens (tertiary/aromatic N) is 2. The number of aromatic nitrogens is 1. The quantitative estimate of drug-likeness (QED) is 0.760. The van der Waals surface area contributed by atoms with Gasteiger partial charge in [-0.15, -0.1) is 0 Å². The molecule has 2 heterocycles. The Kier molecular flexibility index (Phi) is 4.85. The van der Waals surface area contributed by atoms with E-state index in [1.807, 2.05) is 18.2 Å². The molecule has 1 N–H and O–H groups in total. The number of carbonyl (C=O) groups excluding carboxylic acids is 2. The lowest BCUT2D eigenvalue weighted by molar-refractivity contribution is 0.0734. The summed E-state index contributed by atoms with van der Waals surface area (Å²) in [6.07, 6.45) is 2.22. The molecule has 0 aliphatic carbocycles. The molecule has 0 spiro atoms. The Morgan fingerprint density at radius 2 is 1.75 bits per heavy atom. The Morgan fingerprint density at radius 3 is 2.57 bits per heavy atom. The van der Waals surface area contributed by atoms with E-state index in [0.29, 0.717) is 18.7 Å². The molecule has 2 aromatic carbocycles. The van der Waals surface area contributed by atoms with E-state index in [2.05, 4.69) is 16.4 Å². The molecule has 0 atom stereocenters. The fourth-order valence-corrected chi connectivity index (χ4v) is 3.29. The third kappa shape index (κ3) is 3.62. The van der Waals surface area contributed by atoms with Gasteiger partial charge in [0.15, 0.2) is 0 Å². The van der Waals surface area contributed by atoms with Crippen LogP contribution < -0.4 is 5.32 Å². The number of halogens is 1. The van der Waals surface area contributed by atoms with Crippen molar-refractivity contribution < 1.29 is 14.0 Å². The lowest BCUT2D eigenvalue weighted by Crippen LogP contribution is -2.36. The molecule has 0 bridgehead atoms. The van der Waals surface area contributed by atoms with Gasteiger partial charge in [0.05, 0.1) is 5.69 Å². The van der Waals surface area contributed by atoms with Crippen LogP contribution in [0.2, 0.25) is 0 Å². The second-order valence-corrected chi connectivity index (χ2v) is 6.61. The molecule has 1 aliphatic rings. The summed E-state index contributed by atoms with van der Waals surface area (Å²) in [5.41, 5.74) is 2.90. The zero-order valence-electron chi connectivity index (χ0n) is 15.1. The molecule has 6 heteroatoms. The Labute approximate surface area is 161 Å². The van der Waals surface area contributed by atoms with Gasteiger partial charge in [-0.1, -0.05) is 36.4 Å². The number of hydrogen-bond donors (Lipinski definition) is 1. The van der Waals surface area contributed by atoms with Crippen LogP contribution in [0.3, 0.4) is 0 Å². The van der Waals surface area contributed by atoms with Gasteiger partial charge in [0.25, 0.3) is 11.8 Å². The van der Waals surface area contributed by atoms with E-state index in [9.17, 15) is 14.0 Å². The van der Waals surface area contributed by atoms with Gasteiger partial charge in [0.2, 0.25) is 0 Å². The molecule has 0 radical (unpaired) electrons. The third-order valence-corrected chi connectivity index (χ3v) is 4.78. The van der Waals surface area contributed by atoms with E-state index in [4.69, 9.17) is 0 Å². The van der Waals surface area contributed by atoms with Crippen LogP contribution in [0.1, 0.15) is 32.0 Å². The average Bonchev–Trinajstić information content (AvgIpc) is 2.74. The minimum atomic E-state index is -0.566. The predicted molar refractivity (Wildman–Crippen MR) is 103 cm³/mol. The van der Waals surface area contributed by atoms with Crippen molar-refractivity contribution in [1.82, 2.24) is 9.88 Å². The largest absolute Gasteiger partial charge is 0.334 e. The fraction of sp³-hybridized carbons (Fsp3) is 0.136. The first-order valence-electron chi connectivity index (χ1n) is 9.00. The summed E-state index contributed by atoms with van der Waals surface area (Å²) in [7, 11) is 0. The summed E-state index contributed by atoms with van der Waals surface area (Å²) in [6.45, 7) is 1.16. The predicted octanol–water partition coefficient (Wildman–Crippen LogP) is 3.67. The van der Waals surface area contributed by atoms with Gasteiger partial charge < -0.3 is 10.2 Å². The number of nitrogens with one attached hydrogen (secondary N) is 1. The van der Waals surface area contributed by atoms with Crippen molar-refractivity contribution in [1.29, 1.82) is 0 Å². The number of amides is 2. The Balaban J connectivity index is 1.51. The van der Waals surface area contributed by atoms with Gasteiger partial charge in [-0.25, -0.2) is 4.39 Å². The molecule has 1 aliphatic heterocycles. The minimum absolute atomic E-state index is 0.0616. The number of benzene rings is 2. The van der Waals surface area contributed by atoms with E-state index in [-0.39, 0.29) is 17.3 Å². The summed E-state index contributed by atoms with van der Waals surface area (Å²) < 4.78 is 13.7. The van der Waals surface area contributed by atoms with E-state index >= 15 is 0 Å². The second kappa shape index (κ2) is 7.60. The van der Waals surface area contributed by atoms with Gasteiger partial charge in [-0.05, 0) is 41.8 Å². The van der Waals surface area contributed by atoms with Crippen LogP contribution in [-0.2, 0) is 13.0 Å². The van der Waals surface area contributed by atoms with Crippen LogP contribution in [0, 0.1) is 5.82 Å². The molecule has 0 fully saturated rings. The van der Waals surface area contributed by atoms with Gasteiger partial charge in [-0.2, -0.15) is 0 Å². The highest BCUT2D eigenvalue weighted by Crippen LogP contribution is 2.20. The number of carbonyl (C=O) groups is 2. The molecular weight excluding hydrogens is 357 g/mol. The fourth-order valence-electron chi connectivity index (χ4n) is 3.29. The first-order chi connectivity index (χ1) is 13.6. The Bertz CT molecular complexity index is 1050. The number of para-hydroxylation sites is 1.